The van der Waals surface area contributed by atoms with E-state index in [9.17, 15) is 0 Å². The fraction of sp³-hybridized carbons (Fsp3) is 0.625. The Morgan fingerprint density at radius 3 is 2.42 bits per heavy atom. The molecule has 0 spiro atoms. The van der Waals surface area contributed by atoms with Gasteiger partial charge in [-0.2, -0.15) is 0 Å². The highest BCUT2D eigenvalue weighted by atomic mass is 16.5. The number of methoxy groups -OCH3 is 1. The van der Waals surface area contributed by atoms with Crippen LogP contribution in [0.25, 0.3) is 0 Å². The molecule has 0 saturated heterocycles. The molecule has 0 aliphatic carbocycles. The molecule has 0 aliphatic rings. The highest BCUT2D eigenvalue weighted by molar-refractivity contribution is 5.27. The van der Waals surface area contributed by atoms with Crippen molar-refractivity contribution in [3.63, 3.8) is 0 Å². The van der Waals surface area contributed by atoms with Crippen LogP contribution < -0.4 is 10.1 Å². The summed E-state index contributed by atoms with van der Waals surface area (Å²) in [7, 11) is 1.69. The van der Waals surface area contributed by atoms with E-state index in [0.29, 0.717) is 0 Å². The van der Waals surface area contributed by atoms with Gasteiger partial charge in [0.2, 0.25) is 0 Å². The Bertz CT molecular complexity index is 311. The first-order chi connectivity index (χ1) is 9.36. The second kappa shape index (κ2) is 10.8. The smallest absolute Gasteiger partial charge is 0.118 e. The summed E-state index contributed by atoms with van der Waals surface area (Å²) in [6, 6.07) is 8.26. The zero-order chi connectivity index (χ0) is 13.8. The van der Waals surface area contributed by atoms with Gasteiger partial charge in [-0.1, -0.05) is 25.5 Å². The largest absolute Gasteiger partial charge is 0.497 e. The van der Waals surface area contributed by atoms with E-state index in [1.165, 1.54) is 18.4 Å². The maximum Gasteiger partial charge on any atom is 0.118 e. The van der Waals surface area contributed by atoms with Crippen LogP contribution in [-0.4, -0.2) is 33.4 Å². The van der Waals surface area contributed by atoms with Crippen molar-refractivity contribution in [2.45, 2.75) is 32.6 Å². The molecule has 0 aromatic heterocycles. The molecular weight excluding hydrogens is 238 g/mol. The van der Waals surface area contributed by atoms with E-state index in [4.69, 9.17) is 9.47 Å². The van der Waals surface area contributed by atoms with Crippen molar-refractivity contribution >= 4 is 0 Å². The van der Waals surface area contributed by atoms with Crippen molar-refractivity contribution < 1.29 is 9.47 Å². The Hall–Kier alpha value is -1.06. The summed E-state index contributed by atoms with van der Waals surface area (Å²) in [5.74, 6) is 0.918. The number of ether oxygens (including phenoxy) is 2. The molecule has 0 radical (unpaired) electrons. The first-order valence-corrected chi connectivity index (χ1v) is 7.28. The standard InChI is InChI=1S/C16H27NO2/c1-3-4-13-19-14-5-11-17-12-10-15-6-8-16(18-2)9-7-15/h6-9,17H,3-5,10-14H2,1-2H3. The number of rotatable bonds is 11. The molecule has 1 rings (SSSR count). The molecular formula is C16H27NO2. The van der Waals surface area contributed by atoms with E-state index in [0.717, 1.165) is 44.9 Å². The molecule has 108 valence electrons. The van der Waals surface area contributed by atoms with Crippen LogP contribution in [0.1, 0.15) is 31.7 Å². The molecule has 1 aromatic carbocycles. The molecule has 3 heteroatoms. The lowest BCUT2D eigenvalue weighted by molar-refractivity contribution is 0.129. The third kappa shape index (κ3) is 7.85. The van der Waals surface area contributed by atoms with E-state index in [1.807, 2.05) is 12.1 Å². The summed E-state index contributed by atoms with van der Waals surface area (Å²) in [5, 5.41) is 3.44. The van der Waals surface area contributed by atoms with Gasteiger partial charge in [0.1, 0.15) is 5.75 Å². The number of hydrogen-bond acceptors (Lipinski definition) is 3. The molecule has 0 fully saturated rings. The van der Waals surface area contributed by atoms with Crippen molar-refractivity contribution in [3.05, 3.63) is 29.8 Å². The summed E-state index contributed by atoms with van der Waals surface area (Å²) in [6.45, 7) is 6.01. The number of hydrogen-bond donors (Lipinski definition) is 1. The zero-order valence-electron chi connectivity index (χ0n) is 12.3. The molecule has 3 nitrogen and oxygen atoms in total. The Balaban J connectivity index is 1.95. The minimum atomic E-state index is 0.871. The van der Waals surface area contributed by atoms with Gasteiger partial charge in [-0.15, -0.1) is 0 Å². The SMILES string of the molecule is CCCCOCCCNCCc1ccc(OC)cc1. The lowest BCUT2D eigenvalue weighted by Gasteiger charge is -2.06. The third-order valence-electron chi connectivity index (χ3n) is 3.03. The quantitative estimate of drug-likeness (QED) is 0.624. The molecule has 0 heterocycles. The second-order valence-corrected chi connectivity index (χ2v) is 4.67. The van der Waals surface area contributed by atoms with Crippen molar-refractivity contribution in [3.8, 4) is 5.75 Å². The molecule has 19 heavy (non-hydrogen) atoms. The van der Waals surface area contributed by atoms with Crippen LogP contribution in [-0.2, 0) is 11.2 Å². The first kappa shape index (κ1) is 16.0. The minimum Gasteiger partial charge on any atom is -0.497 e. The number of benzene rings is 1. The van der Waals surface area contributed by atoms with Crippen LogP contribution in [0.5, 0.6) is 5.75 Å². The maximum absolute atomic E-state index is 5.51. The monoisotopic (exact) mass is 265 g/mol. The molecule has 1 N–H and O–H groups in total. The Labute approximate surface area is 117 Å². The predicted molar refractivity (Wildman–Crippen MR) is 79.9 cm³/mol. The van der Waals surface area contributed by atoms with Crippen molar-refractivity contribution in [2.24, 2.45) is 0 Å². The molecule has 0 atom stereocenters. The average molecular weight is 265 g/mol. The molecule has 0 unspecified atom stereocenters. The summed E-state index contributed by atoms with van der Waals surface area (Å²) < 4.78 is 10.6. The van der Waals surface area contributed by atoms with Crippen LogP contribution in [0.3, 0.4) is 0 Å². The van der Waals surface area contributed by atoms with Crippen LogP contribution in [0.15, 0.2) is 24.3 Å². The molecule has 0 amide bonds. The van der Waals surface area contributed by atoms with Gasteiger partial charge in [0.25, 0.3) is 0 Å². The number of unbranched alkanes of at least 4 members (excludes halogenated alkanes) is 1. The van der Waals surface area contributed by atoms with E-state index in [1.54, 1.807) is 7.11 Å². The van der Waals surface area contributed by atoms with Crippen LogP contribution in [0.4, 0.5) is 0 Å². The fourth-order valence-corrected chi connectivity index (χ4v) is 1.80. The summed E-state index contributed by atoms with van der Waals surface area (Å²) in [5.41, 5.74) is 1.34. The second-order valence-electron chi connectivity index (χ2n) is 4.67. The average Bonchev–Trinajstić information content (AvgIpc) is 2.46. The zero-order valence-corrected chi connectivity index (χ0v) is 12.3. The van der Waals surface area contributed by atoms with Gasteiger partial charge in [-0.05, 0) is 50.0 Å². The predicted octanol–water partition coefficient (Wildman–Crippen LogP) is 3.03. The molecule has 0 saturated carbocycles. The van der Waals surface area contributed by atoms with Crippen molar-refractivity contribution in [2.75, 3.05) is 33.4 Å². The highest BCUT2D eigenvalue weighted by Gasteiger charge is 1.95. The van der Waals surface area contributed by atoms with Gasteiger partial charge in [0.05, 0.1) is 7.11 Å². The maximum atomic E-state index is 5.51. The summed E-state index contributed by atoms with van der Waals surface area (Å²) in [4.78, 5) is 0. The van der Waals surface area contributed by atoms with Crippen LogP contribution >= 0.6 is 0 Å². The number of nitrogens with one attached hydrogen (secondary N) is 1. The Morgan fingerprint density at radius 2 is 1.74 bits per heavy atom. The lowest BCUT2D eigenvalue weighted by Crippen LogP contribution is -2.19. The van der Waals surface area contributed by atoms with Crippen LogP contribution in [0.2, 0.25) is 0 Å². The van der Waals surface area contributed by atoms with Gasteiger partial charge in [0.15, 0.2) is 0 Å². The Kier molecular flexibility index (Phi) is 9.11. The van der Waals surface area contributed by atoms with Gasteiger partial charge in [-0.3, -0.25) is 0 Å². The Morgan fingerprint density at radius 1 is 1.00 bits per heavy atom. The minimum absolute atomic E-state index is 0.871. The normalized spacial score (nSPS) is 10.6. The van der Waals surface area contributed by atoms with Gasteiger partial charge in [0, 0.05) is 13.2 Å². The molecule has 0 aliphatic heterocycles. The lowest BCUT2D eigenvalue weighted by atomic mass is 10.1. The topological polar surface area (TPSA) is 30.5 Å². The van der Waals surface area contributed by atoms with Crippen LogP contribution in [0, 0.1) is 0 Å². The van der Waals surface area contributed by atoms with Gasteiger partial charge >= 0.3 is 0 Å². The van der Waals surface area contributed by atoms with E-state index in [2.05, 4.69) is 24.4 Å². The molecule has 1 aromatic rings. The fourth-order valence-electron chi connectivity index (χ4n) is 1.80. The summed E-state index contributed by atoms with van der Waals surface area (Å²) in [6.07, 6.45) is 4.53. The van der Waals surface area contributed by atoms with Gasteiger partial charge < -0.3 is 14.8 Å². The molecule has 0 bridgehead atoms. The van der Waals surface area contributed by atoms with Crippen molar-refractivity contribution in [1.82, 2.24) is 5.32 Å². The van der Waals surface area contributed by atoms with E-state index < -0.39 is 0 Å². The highest BCUT2D eigenvalue weighted by Crippen LogP contribution is 2.11. The van der Waals surface area contributed by atoms with Crippen molar-refractivity contribution in [1.29, 1.82) is 0 Å². The summed E-state index contributed by atoms with van der Waals surface area (Å²) >= 11 is 0. The van der Waals surface area contributed by atoms with E-state index >= 15 is 0 Å². The third-order valence-corrected chi connectivity index (χ3v) is 3.03. The first-order valence-electron chi connectivity index (χ1n) is 7.28. The van der Waals surface area contributed by atoms with E-state index in [-0.39, 0.29) is 0 Å². The van der Waals surface area contributed by atoms with Gasteiger partial charge in [-0.25, -0.2) is 0 Å².